The molecule has 1 aromatic heterocycles. The van der Waals surface area contributed by atoms with Gasteiger partial charge in [0.25, 0.3) is 5.91 Å². The number of carbonyl (C=O) groups excluding carboxylic acids is 1. The number of pyridine rings is 1. The Balaban J connectivity index is 1.77. The summed E-state index contributed by atoms with van der Waals surface area (Å²) in [5.74, 6) is 0.619. The molecule has 132 valence electrons. The third kappa shape index (κ3) is 4.09. The molecule has 0 bridgehead atoms. The summed E-state index contributed by atoms with van der Waals surface area (Å²) in [6, 6.07) is 17.6. The third-order valence-corrected chi connectivity index (χ3v) is 4.33. The van der Waals surface area contributed by atoms with Crippen LogP contribution >= 0.6 is 0 Å². The van der Waals surface area contributed by atoms with Crippen LogP contribution in [0.15, 0.2) is 67.0 Å². The maximum atomic E-state index is 12.6. The molecule has 26 heavy (non-hydrogen) atoms. The van der Waals surface area contributed by atoms with Crippen LogP contribution in [0.5, 0.6) is 5.75 Å². The second kappa shape index (κ2) is 7.83. The van der Waals surface area contributed by atoms with Crippen LogP contribution in [-0.4, -0.2) is 18.0 Å². The van der Waals surface area contributed by atoms with E-state index in [-0.39, 0.29) is 11.9 Å². The molecule has 1 heterocycles. The van der Waals surface area contributed by atoms with E-state index in [2.05, 4.69) is 10.3 Å². The Morgan fingerprint density at radius 1 is 1.04 bits per heavy atom. The van der Waals surface area contributed by atoms with Crippen molar-refractivity contribution in [3.05, 3.63) is 83.7 Å². The normalized spacial score (nSPS) is 11.7. The maximum Gasteiger partial charge on any atom is 0.253 e. The molecule has 4 heteroatoms. The quantitative estimate of drug-likeness (QED) is 0.737. The minimum absolute atomic E-state index is 0.138. The van der Waals surface area contributed by atoms with Gasteiger partial charge in [-0.25, -0.2) is 0 Å². The van der Waals surface area contributed by atoms with Gasteiger partial charge in [-0.3, -0.25) is 9.78 Å². The molecular formula is C22H22N2O2. The highest BCUT2D eigenvalue weighted by atomic mass is 16.5. The fraction of sp³-hybridized carbons (Fsp3) is 0.182. The lowest BCUT2D eigenvalue weighted by atomic mass is 10.0. The highest BCUT2D eigenvalue weighted by molar-refractivity contribution is 5.95. The van der Waals surface area contributed by atoms with Gasteiger partial charge in [-0.05, 0) is 43.2 Å². The van der Waals surface area contributed by atoms with Crippen molar-refractivity contribution in [2.24, 2.45) is 0 Å². The standard InChI is InChI=1S/C22H22N2O2/c1-15-7-9-17(10-8-15)19-11-20(14-23-13-19)22(25)24-16(2)18-5-4-6-21(12-18)26-3/h4-14,16H,1-3H3,(H,24,25)/t16-/m1/s1. The van der Waals surface area contributed by atoms with E-state index in [1.807, 2.05) is 68.4 Å². The molecule has 0 saturated heterocycles. The minimum atomic E-state index is -0.151. The number of methoxy groups -OCH3 is 1. The zero-order chi connectivity index (χ0) is 18.5. The number of hydrogen-bond donors (Lipinski definition) is 1. The highest BCUT2D eigenvalue weighted by Gasteiger charge is 2.13. The number of ether oxygens (including phenoxy) is 1. The van der Waals surface area contributed by atoms with Crippen molar-refractivity contribution < 1.29 is 9.53 Å². The zero-order valence-corrected chi connectivity index (χ0v) is 15.2. The van der Waals surface area contributed by atoms with Gasteiger partial charge in [0.05, 0.1) is 18.7 Å². The summed E-state index contributed by atoms with van der Waals surface area (Å²) in [6.07, 6.45) is 3.36. The summed E-state index contributed by atoms with van der Waals surface area (Å²) in [4.78, 5) is 16.9. The molecule has 1 amide bonds. The lowest BCUT2D eigenvalue weighted by Crippen LogP contribution is -2.26. The number of nitrogens with one attached hydrogen (secondary N) is 1. The van der Waals surface area contributed by atoms with Gasteiger partial charge in [0.1, 0.15) is 5.75 Å². The van der Waals surface area contributed by atoms with Gasteiger partial charge in [0.15, 0.2) is 0 Å². The molecule has 3 rings (SSSR count). The summed E-state index contributed by atoms with van der Waals surface area (Å²) in [5.41, 5.74) is 4.69. The first-order chi connectivity index (χ1) is 12.6. The average Bonchev–Trinajstić information content (AvgIpc) is 2.68. The molecule has 1 N–H and O–H groups in total. The smallest absolute Gasteiger partial charge is 0.253 e. The van der Waals surface area contributed by atoms with Crippen molar-refractivity contribution in [1.29, 1.82) is 0 Å². The van der Waals surface area contributed by atoms with Crippen LogP contribution in [0.25, 0.3) is 11.1 Å². The number of hydrogen-bond acceptors (Lipinski definition) is 3. The summed E-state index contributed by atoms with van der Waals surface area (Å²) in [6.45, 7) is 4.00. The van der Waals surface area contributed by atoms with Crippen molar-refractivity contribution in [3.63, 3.8) is 0 Å². The fourth-order valence-electron chi connectivity index (χ4n) is 2.74. The van der Waals surface area contributed by atoms with Gasteiger partial charge in [-0.15, -0.1) is 0 Å². The molecule has 0 spiro atoms. The van der Waals surface area contributed by atoms with Crippen LogP contribution in [0.4, 0.5) is 0 Å². The zero-order valence-electron chi connectivity index (χ0n) is 15.2. The highest BCUT2D eigenvalue weighted by Crippen LogP contribution is 2.21. The molecule has 3 aromatic rings. The maximum absolute atomic E-state index is 12.6. The molecule has 0 saturated carbocycles. The summed E-state index contributed by atoms with van der Waals surface area (Å²) < 4.78 is 5.25. The number of benzene rings is 2. The van der Waals surface area contributed by atoms with Crippen LogP contribution in [-0.2, 0) is 0 Å². The minimum Gasteiger partial charge on any atom is -0.497 e. The van der Waals surface area contributed by atoms with Crippen LogP contribution in [0.2, 0.25) is 0 Å². The van der Waals surface area contributed by atoms with E-state index >= 15 is 0 Å². The van der Waals surface area contributed by atoms with E-state index in [4.69, 9.17) is 4.74 Å². The van der Waals surface area contributed by atoms with E-state index in [1.54, 1.807) is 19.5 Å². The van der Waals surface area contributed by atoms with Crippen molar-refractivity contribution in [2.45, 2.75) is 19.9 Å². The van der Waals surface area contributed by atoms with Crippen molar-refractivity contribution in [1.82, 2.24) is 10.3 Å². The molecule has 0 aliphatic heterocycles. The molecular weight excluding hydrogens is 324 g/mol. The second-order valence-electron chi connectivity index (χ2n) is 6.30. The SMILES string of the molecule is COc1cccc([C@@H](C)NC(=O)c2cncc(-c3ccc(C)cc3)c2)c1. The summed E-state index contributed by atoms with van der Waals surface area (Å²) in [5, 5.41) is 3.02. The Morgan fingerprint density at radius 3 is 2.54 bits per heavy atom. The largest absolute Gasteiger partial charge is 0.497 e. The molecule has 0 aliphatic carbocycles. The molecule has 0 radical (unpaired) electrons. The first-order valence-corrected chi connectivity index (χ1v) is 8.54. The third-order valence-electron chi connectivity index (χ3n) is 4.33. The van der Waals surface area contributed by atoms with Crippen molar-refractivity contribution in [3.8, 4) is 16.9 Å². The number of nitrogens with zero attached hydrogens (tertiary/aromatic N) is 1. The lowest BCUT2D eigenvalue weighted by Gasteiger charge is -2.15. The number of amides is 1. The number of rotatable bonds is 5. The van der Waals surface area contributed by atoms with Gasteiger partial charge < -0.3 is 10.1 Å². The Bertz CT molecular complexity index is 904. The first-order valence-electron chi connectivity index (χ1n) is 8.54. The number of carbonyl (C=O) groups is 1. The number of aryl methyl sites for hydroxylation is 1. The van der Waals surface area contributed by atoms with Crippen LogP contribution in [0.1, 0.15) is 34.5 Å². The van der Waals surface area contributed by atoms with Gasteiger partial charge in [-0.1, -0.05) is 42.0 Å². The molecule has 0 aliphatic rings. The Hall–Kier alpha value is -3.14. The average molecular weight is 346 g/mol. The lowest BCUT2D eigenvalue weighted by molar-refractivity contribution is 0.0939. The topological polar surface area (TPSA) is 51.2 Å². The number of aromatic nitrogens is 1. The Kier molecular flexibility index (Phi) is 5.32. The van der Waals surface area contributed by atoms with Gasteiger partial charge in [0, 0.05) is 18.0 Å². The van der Waals surface area contributed by atoms with E-state index in [9.17, 15) is 4.79 Å². The van der Waals surface area contributed by atoms with E-state index in [0.717, 1.165) is 22.4 Å². The van der Waals surface area contributed by atoms with Crippen LogP contribution in [0, 0.1) is 6.92 Å². The molecule has 0 fully saturated rings. The van der Waals surface area contributed by atoms with Crippen molar-refractivity contribution >= 4 is 5.91 Å². The monoisotopic (exact) mass is 346 g/mol. The van der Waals surface area contributed by atoms with E-state index in [0.29, 0.717) is 5.56 Å². The Labute approximate surface area is 153 Å². The van der Waals surface area contributed by atoms with Gasteiger partial charge in [0.2, 0.25) is 0 Å². The predicted molar refractivity (Wildman–Crippen MR) is 103 cm³/mol. The molecule has 0 unspecified atom stereocenters. The second-order valence-corrected chi connectivity index (χ2v) is 6.30. The predicted octanol–water partition coefficient (Wildman–Crippen LogP) is 4.56. The first kappa shape index (κ1) is 17.7. The van der Waals surface area contributed by atoms with E-state index in [1.165, 1.54) is 5.56 Å². The molecule has 4 nitrogen and oxygen atoms in total. The van der Waals surface area contributed by atoms with Crippen molar-refractivity contribution in [2.75, 3.05) is 7.11 Å². The fourth-order valence-corrected chi connectivity index (χ4v) is 2.74. The molecule has 2 aromatic carbocycles. The van der Waals surface area contributed by atoms with Crippen LogP contribution < -0.4 is 10.1 Å². The van der Waals surface area contributed by atoms with Gasteiger partial charge in [-0.2, -0.15) is 0 Å². The Morgan fingerprint density at radius 2 is 1.81 bits per heavy atom. The summed E-state index contributed by atoms with van der Waals surface area (Å²) in [7, 11) is 1.63. The molecule has 1 atom stereocenters. The van der Waals surface area contributed by atoms with Gasteiger partial charge >= 0.3 is 0 Å². The summed E-state index contributed by atoms with van der Waals surface area (Å²) >= 11 is 0. The van der Waals surface area contributed by atoms with Crippen LogP contribution in [0.3, 0.4) is 0 Å². The van der Waals surface area contributed by atoms with E-state index < -0.39 is 0 Å².